The Kier molecular flexibility index (Phi) is 4.93. The Morgan fingerprint density at radius 1 is 1.33 bits per heavy atom. The zero-order valence-corrected chi connectivity index (χ0v) is 14.7. The number of carbonyl (C=O) groups is 2. The zero-order chi connectivity index (χ0) is 19.9. The quantitative estimate of drug-likeness (QED) is 0.501. The number of nitrogens with zero attached hydrogens (tertiary/aromatic N) is 1. The number of aliphatic hydroxyl groups excluding tert-OH is 2. The van der Waals surface area contributed by atoms with Gasteiger partial charge in [-0.05, 0) is 6.42 Å². The number of carbonyl (C=O) groups excluding carboxylic acids is 2. The van der Waals surface area contributed by atoms with E-state index in [1.54, 1.807) is 0 Å². The molecule has 6 atom stereocenters. The van der Waals surface area contributed by atoms with Gasteiger partial charge in [-0.25, -0.2) is 4.79 Å². The van der Waals surface area contributed by atoms with Gasteiger partial charge in [0.1, 0.15) is 12.3 Å². The molecule has 1 aromatic rings. The van der Waals surface area contributed by atoms with Crippen molar-refractivity contribution in [2.45, 2.75) is 50.4 Å². The third-order valence-corrected chi connectivity index (χ3v) is 4.92. The summed E-state index contributed by atoms with van der Waals surface area (Å²) in [6.07, 6.45) is -3.45. The van der Waals surface area contributed by atoms with Crippen molar-refractivity contribution in [1.82, 2.24) is 9.55 Å². The Bertz CT molecular complexity index is 862. The molecule has 2 aliphatic rings. The van der Waals surface area contributed by atoms with Gasteiger partial charge in [0.25, 0.3) is 5.56 Å². The van der Waals surface area contributed by atoms with Gasteiger partial charge in [-0.3, -0.25) is 23.9 Å². The van der Waals surface area contributed by atoms with Crippen molar-refractivity contribution in [1.29, 1.82) is 0 Å². The fourth-order valence-corrected chi connectivity index (χ4v) is 3.88. The van der Waals surface area contributed by atoms with Crippen molar-refractivity contribution in [2.24, 2.45) is 5.92 Å². The SMILES string of the molecule is CC(=O)O[C@H]1C[C@H]2[C@H](n3ccc(=O)[nH]c3=O)O[C@](CO)([C@H]2O)[C@H]1OC(C)=O. The summed E-state index contributed by atoms with van der Waals surface area (Å²) in [5.41, 5.74) is -3.17. The van der Waals surface area contributed by atoms with E-state index in [0.29, 0.717) is 0 Å². The first kappa shape index (κ1) is 19.3. The summed E-state index contributed by atoms with van der Waals surface area (Å²) < 4.78 is 17.4. The summed E-state index contributed by atoms with van der Waals surface area (Å²) in [7, 11) is 0. The van der Waals surface area contributed by atoms with Crippen LogP contribution in [-0.2, 0) is 23.8 Å². The number of esters is 2. The van der Waals surface area contributed by atoms with Crippen molar-refractivity contribution in [2.75, 3.05) is 6.61 Å². The maximum absolute atomic E-state index is 12.1. The fraction of sp³-hybridized carbons (Fsp3) is 0.625. The number of aromatic amines is 1. The van der Waals surface area contributed by atoms with E-state index in [9.17, 15) is 29.4 Å². The standard InChI is InChI=1S/C16H20N2O9/c1-7(20)25-10-5-9-12(23)16(6-19,13(10)26-8(2)21)27-14(9)18-4-3-11(22)17-15(18)24/h3-4,9-10,12-14,19,23H,5-6H2,1-2H3,(H,17,22,24)/t9-,10+,12+,13+,14-,16-/m1/s1. The number of hydrogen-bond acceptors (Lipinski definition) is 9. The molecule has 3 rings (SSSR count). The number of nitrogens with one attached hydrogen (secondary N) is 1. The summed E-state index contributed by atoms with van der Waals surface area (Å²) in [5.74, 6) is -2.13. The predicted octanol–water partition coefficient (Wildman–Crippen LogP) is -1.96. The van der Waals surface area contributed by atoms with Crippen molar-refractivity contribution in [3.05, 3.63) is 33.1 Å². The third kappa shape index (κ3) is 3.17. The molecule has 148 valence electrons. The first-order valence-corrected chi connectivity index (χ1v) is 8.32. The Balaban J connectivity index is 2.07. The highest BCUT2D eigenvalue weighted by molar-refractivity contribution is 5.67. The van der Waals surface area contributed by atoms with Crippen LogP contribution in [0.1, 0.15) is 26.5 Å². The number of aromatic nitrogens is 2. The van der Waals surface area contributed by atoms with Gasteiger partial charge >= 0.3 is 17.6 Å². The van der Waals surface area contributed by atoms with Crippen molar-refractivity contribution >= 4 is 11.9 Å². The topological polar surface area (TPSA) is 157 Å². The molecule has 27 heavy (non-hydrogen) atoms. The van der Waals surface area contributed by atoms with Gasteiger partial charge in [-0.2, -0.15) is 0 Å². The van der Waals surface area contributed by atoms with E-state index in [0.717, 1.165) is 17.6 Å². The molecule has 2 heterocycles. The van der Waals surface area contributed by atoms with Gasteiger partial charge in [0, 0.05) is 32.0 Å². The van der Waals surface area contributed by atoms with Gasteiger partial charge in [0.2, 0.25) is 0 Å². The molecule has 1 aliphatic heterocycles. The molecule has 11 nitrogen and oxygen atoms in total. The molecule has 1 saturated heterocycles. The lowest BCUT2D eigenvalue weighted by molar-refractivity contribution is -0.229. The summed E-state index contributed by atoms with van der Waals surface area (Å²) >= 11 is 0. The number of aliphatic hydroxyl groups is 2. The van der Waals surface area contributed by atoms with Crippen LogP contribution < -0.4 is 11.2 Å². The second-order valence-corrected chi connectivity index (χ2v) is 6.66. The average molecular weight is 384 g/mol. The Morgan fingerprint density at radius 3 is 2.56 bits per heavy atom. The minimum absolute atomic E-state index is 0.0106. The van der Waals surface area contributed by atoms with E-state index in [1.165, 1.54) is 13.1 Å². The first-order chi connectivity index (χ1) is 12.7. The largest absolute Gasteiger partial charge is 0.458 e. The number of rotatable bonds is 4. The van der Waals surface area contributed by atoms with E-state index in [1.807, 2.05) is 0 Å². The summed E-state index contributed by atoms with van der Waals surface area (Å²) in [5, 5.41) is 20.8. The van der Waals surface area contributed by atoms with Gasteiger partial charge in [-0.15, -0.1) is 0 Å². The summed E-state index contributed by atoms with van der Waals surface area (Å²) in [6.45, 7) is 1.55. The van der Waals surface area contributed by atoms with Gasteiger partial charge in [0.05, 0.1) is 12.7 Å². The third-order valence-electron chi connectivity index (χ3n) is 4.92. The van der Waals surface area contributed by atoms with E-state index in [-0.39, 0.29) is 6.42 Å². The number of hydrogen-bond donors (Lipinski definition) is 3. The molecule has 11 heteroatoms. The van der Waals surface area contributed by atoms with E-state index in [4.69, 9.17) is 14.2 Å². The van der Waals surface area contributed by atoms with Crippen molar-refractivity contribution in [3.8, 4) is 0 Å². The highest BCUT2D eigenvalue weighted by Gasteiger charge is 2.67. The molecule has 0 aromatic carbocycles. The van der Waals surface area contributed by atoms with Gasteiger partial charge in [-0.1, -0.05) is 0 Å². The monoisotopic (exact) mass is 384 g/mol. The van der Waals surface area contributed by atoms with Crippen LogP contribution in [0.25, 0.3) is 0 Å². The molecule has 0 spiro atoms. The molecule has 2 fully saturated rings. The molecule has 2 bridgehead atoms. The molecule has 1 aromatic heterocycles. The van der Waals surface area contributed by atoms with Gasteiger partial charge in [0.15, 0.2) is 11.7 Å². The molecule has 3 N–H and O–H groups in total. The lowest BCUT2D eigenvalue weighted by Gasteiger charge is -2.43. The van der Waals surface area contributed by atoms with E-state index < -0.39 is 65.9 Å². The van der Waals surface area contributed by atoms with Crippen LogP contribution in [0.15, 0.2) is 21.9 Å². The number of ether oxygens (including phenoxy) is 3. The summed E-state index contributed by atoms with van der Waals surface area (Å²) in [4.78, 5) is 48.6. The van der Waals surface area contributed by atoms with Crippen molar-refractivity contribution < 1.29 is 34.0 Å². The molecule has 0 amide bonds. The number of H-pyrrole nitrogens is 1. The molecular formula is C16H20N2O9. The number of fused-ring (bicyclic) bond motifs is 2. The minimum Gasteiger partial charge on any atom is -0.458 e. The second-order valence-electron chi connectivity index (χ2n) is 6.66. The molecule has 1 aliphatic carbocycles. The van der Waals surface area contributed by atoms with Gasteiger partial charge < -0.3 is 24.4 Å². The van der Waals surface area contributed by atoms with Crippen LogP contribution in [0, 0.1) is 5.92 Å². The first-order valence-electron chi connectivity index (χ1n) is 8.32. The van der Waals surface area contributed by atoms with Crippen molar-refractivity contribution in [3.63, 3.8) is 0 Å². The van der Waals surface area contributed by atoms with Crippen LogP contribution in [-0.4, -0.2) is 62.2 Å². The smallest absolute Gasteiger partial charge is 0.330 e. The van der Waals surface area contributed by atoms with Crippen LogP contribution in [0.5, 0.6) is 0 Å². The maximum atomic E-state index is 12.1. The van der Waals surface area contributed by atoms with Crippen LogP contribution in [0.4, 0.5) is 0 Å². The molecule has 1 saturated carbocycles. The molecule has 0 unspecified atom stereocenters. The molecule has 0 radical (unpaired) electrons. The fourth-order valence-electron chi connectivity index (χ4n) is 3.88. The van der Waals surface area contributed by atoms with E-state index in [2.05, 4.69) is 4.98 Å². The van der Waals surface area contributed by atoms with Crippen LogP contribution in [0.2, 0.25) is 0 Å². The lowest BCUT2D eigenvalue weighted by Crippen LogP contribution is -2.63. The molecular weight excluding hydrogens is 364 g/mol. The normalized spacial score (nSPS) is 34.9. The van der Waals surface area contributed by atoms with Crippen LogP contribution in [0.3, 0.4) is 0 Å². The highest BCUT2D eigenvalue weighted by atomic mass is 16.6. The Hall–Kier alpha value is -2.50. The Morgan fingerprint density at radius 2 is 2.00 bits per heavy atom. The highest BCUT2D eigenvalue weighted by Crippen LogP contribution is 2.51. The van der Waals surface area contributed by atoms with Crippen LogP contribution >= 0.6 is 0 Å². The lowest BCUT2D eigenvalue weighted by atomic mass is 9.74. The summed E-state index contributed by atoms with van der Waals surface area (Å²) in [6, 6.07) is 1.11. The minimum atomic E-state index is -1.80. The predicted molar refractivity (Wildman–Crippen MR) is 86.5 cm³/mol. The maximum Gasteiger partial charge on any atom is 0.330 e. The second kappa shape index (κ2) is 6.91. The Labute approximate surface area is 152 Å². The zero-order valence-electron chi connectivity index (χ0n) is 14.7. The van der Waals surface area contributed by atoms with E-state index >= 15 is 0 Å². The average Bonchev–Trinajstić information content (AvgIpc) is 2.76.